The van der Waals surface area contributed by atoms with Crippen LogP contribution in [0.15, 0.2) is 36.8 Å². The number of anilines is 1. The maximum absolute atomic E-state index is 6.68. The monoisotopic (exact) mass is 334 g/mol. The van der Waals surface area contributed by atoms with Gasteiger partial charge in [0.2, 0.25) is 0 Å². The first-order chi connectivity index (χ1) is 12.2. The molecule has 3 heterocycles. The number of hydrogen-bond donors (Lipinski definition) is 1. The number of piperidine rings is 1. The van der Waals surface area contributed by atoms with Crippen molar-refractivity contribution in [1.29, 1.82) is 0 Å². The first kappa shape index (κ1) is 14.8. The van der Waals surface area contributed by atoms with Crippen LogP contribution < -0.4 is 10.6 Å². The maximum atomic E-state index is 6.68. The molecule has 1 aromatic carbocycles. The molecule has 25 heavy (non-hydrogen) atoms. The largest absolute Gasteiger partial charge is 0.356 e. The molecule has 1 fully saturated rings. The molecule has 2 aromatic heterocycles. The summed E-state index contributed by atoms with van der Waals surface area (Å²) in [5.74, 6) is 0.997. The third-order valence-corrected chi connectivity index (χ3v) is 6.16. The minimum Gasteiger partial charge on any atom is -0.356 e. The zero-order valence-electron chi connectivity index (χ0n) is 14.4. The Labute approximate surface area is 146 Å². The number of aromatic nitrogens is 4. The number of aryl methyl sites for hydroxylation is 1. The van der Waals surface area contributed by atoms with Gasteiger partial charge in [-0.25, -0.2) is 9.97 Å². The molecule has 0 radical (unpaired) electrons. The molecule has 3 aromatic rings. The van der Waals surface area contributed by atoms with E-state index in [0.29, 0.717) is 0 Å². The predicted octanol–water partition coefficient (Wildman–Crippen LogP) is 2.21. The van der Waals surface area contributed by atoms with Gasteiger partial charge in [-0.05, 0) is 35.8 Å². The quantitative estimate of drug-likeness (QED) is 0.738. The second kappa shape index (κ2) is 5.26. The summed E-state index contributed by atoms with van der Waals surface area (Å²) in [4.78, 5) is 11.3. The lowest BCUT2D eigenvalue weighted by molar-refractivity contribution is 0.187. The van der Waals surface area contributed by atoms with E-state index < -0.39 is 0 Å². The third-order valence-electron chi connectivity index (χ3n) is 6.16. The van der Waals surface area contributed by atoms with Gasteiger partial charge in [-0.2, -0.15) is 5.10 Å². The molecule has 0 saturated carbocycles. The zero-order valence-corrected chi connectivity index (χ0v) is 14.4. The van der Waals surface area contributed by atoms with E-state index >= 15 is 0 Å². The van der Waals surface area contributed by atoms with E-state index in [1.54, 1.807) is 11.0 Å². The molecule has 0 unspecified atom stereocenters. The fourth-order valence-electron chi connectivity index (χ4n) is 4.67. The molecular weight excluding hydrogens is 312 g/mol. The van der Waals surface area contributed by atoms with Gasteiger partial charge in [0, 0.05) is 26.2 Å². The van der Waals surface area contributed by atoms with Crippen LogP contribution in [-0.2, 0) is 13.5 Å². The summed E-state index contributed by atoms with van der Waals surface area (Å²) in [5, 5.41) is 5.36. The normalized spacial score (nSPS) is 21.8. The van der Waals surface area contributed by atoms with Crippen molar-refractivity contribution in [2.75, 3.05) is 18.0 Å². The van der Waals surface area contributed by atoms with E-state index in [2.05, 4.69) is 44.2 Å². The highest BCUT2D eigenvalue weighted by Gasteiger charge is 2.46. The lowest BCUT2D eigenvalue weighted by atomic mass is 9.73. The van der Waals surface area contributed by atoms with Gasteiger partial charge >= 0.3 is 0 Å². The molecule has 1 atom stereocenters. The molecule has 2 aliphatic rings. The molecule has 5 rings (SSSR count). The first-order valence-electron chi connectivity index (χ1n) is 8.89. The summed E-state index contributed by atoms with van der Waals surface area (Å²) in [6.07, 6.45) is 6.79. The predicted molar refractivity (Wildman–Crippen MR) is 97.3 cm³/mol. The Hall–Kier alpha value is -2.47. The number of nitrogens with zero attached hydrogens (tertiary/aromatic N) is 5. The van der Waals surface area contributed by atoms with Gasteiger partial charge in [0.1, 0.15) is 12.1 Å². The average molecular weight is 334 g/mol. The van der Waals surface area contributed by atoms with E-state index in [9.17, 15) is 0 Å². The van der Waals surface area contributed by atoms with Crippen LogP contribution in [0.3, 0.4) is 0 Å². The van der Waals surface area contributed by atoms with Gasteiger partial charge in [-0.15, -0.1) is 0 Å². The molecule has 1 saturated heterocycles. The molecular formula is C19H22N6. The van der Waals surface area contributed by atoms with Crippen molar-refractivity contribution in [2.45, 2.75) is 25.3 Å². The lowest BCUT2D eigenvalue weighted by Crippen LogP contribution is -2.44. The molecule has 0 amide bonds. The topological polar surface area (TPSA) is 72.9 Å². The van der Waals surface area contributed by atoms with Crippen LogP contribution in [0.4, 0.5) is 5.82 Å². The summed E-state index contributed by atoms with van der Waals surface area (Å²) >= 11 is 0. The van der Waals surface area contributed by atoms with Crippen molar-refractivity contribution < 1.29 is 0 Å². The van der Waals surface area contributed by atoms with E-state index in [1.807, 2.05) is 13.2 Å². The number of rotatable bonds is 1. The van der Waals surface area contributed by atoms with Crippen LogP contribution in [0.2, 0.25) is 0 Å². The average Bonchev–Trinajstić information content (AvgIpc) is 3.15. The Morgan fingerprint density at radius 3 is 2.76 bits per heavy atom. The molecule has 1 aliphatic carbocycles. The Morgan fingerprint density at radius 1 is 1.16 bits per heavy atom. The van der Waals surface area contributed by atoms with Crippen LogP contribution in [0.1, 0.15) is 30.0 Å². The van der Waals surface area contributed by atoms with Crippen LogP contribution in [0, 0.1) is 5.41 Å². The second-order valence-electron chi connectivity index (χ2n) is 7.41. The maximum Gasteiger partial charge on any atom is 0.163 e. The van der Waals surface area contributed by atoms with Gasteiger partial charge in [-0.3, -0.25) is 4.68 Å². The highest BCUT2D eigenvalue weighted by molar-refractivity contribution is 5.86. The van der Waals surface area contributed by atoms with Gasteiger partial charge in [0.05, 0.1) is 11.6 Å². The fraction of sp³-hybridized carbons (Fsp3) is 0.421. The van der Waals surface area contributed by atoms with Gasteiger partial charge in [0.15, 0.2) is 5.65 Å². The van der Waals surface area contributed by atoms with E-state index in [0.717, 1.165) is 49.2 Å². The molecule has 128 valence electrons. The van der Waals surface area contributed by atoms with Crippen LogP contribution in [-0.4, -0.2) is 32.8 Å². The van der Waals surface area contributed by atoms with Crippen molar-refractivity contribution >= 4 is 16.9 Å². The van der Waals surface area contributed by atoms with Crippen molar-refractivity contribution in [3.8, 4) is 0 Å². The Kier molecular flexibility index (Phi) is 3.12. The van der Waals surface area contributed by atoms with E-state index in [-0.39, 0.29) is 11.5 Å². The molecule has 0 bridgehead atoms. The molecule has 6 heteroatoms. The van der Waals surface area contributed by atoms with Gasteiger partial charge in [-0.1, -0.05) is 24.3 Å². The summed E-state index contributed by atoms with van der Waals surface area (Å²) in [5.41, 5.74) is 10.5. The number of benzene rings is 1. The molecule has 6 nitrogen and oxygen atoms in total. The van der Waals surface area contributed by atoms with Crippen molar-refractivity contribution in [3.05, 3.63) is 47.9 Å². The summed E-state index contributed by atoms with van der Waals surface area (Å²) in [6, 6.07) is 8.81. The van der Waals surface area contributed by atoms with Crippen LogP contribution >= 0.6 is 0 Å². The summed E-state index contributed by atoms with van der Waals surface area (Å²) < 4.78 is 1.80. The fourth-order valence-corrected chi connectivity index (χ4v) is 4.67. The molecule has 1 aliphatic heterocycles. The van der Waals surface area contributed by atoms with Crippen LogP contribution in [0.25, 0.3) is 11.0 Å². The van der Waals surface area contributed by atoms with E-state index in [1.165, 1.54) is 11.1 Å². The van der Waals surface area contributed by atoms with Crippen LogP contribution in [0.5, 0.6) is 0 Å². The van der Waals surface area contributed by atoms with Crippen molar-refractivity contribution in [2.24, 2.45) is 18.2 Å². The number of fused-ring (bicyclic) bond motifs is 2. The number of nitrogens with two attached hydrogens (primary N) is 1. The summed E-state index contributed by atoms with van der Waals surface area (Å²) in [6.45, 7) is 1.95. The first-order valence-corrected chi connectivity index (χ1v) is 8.89. The minimum atomic E-state index is 0.148. The highest BCUT2D eigenvalue weighted by atomic mass is 15.3. The SMILES string of the molecule is Cn1ncc2c(N3CCC4(CC3)Cc3ccccc3[C@H]4N)ncnc21. The third kappa shape index (κ3) is 2.10. The van der Waals surface area contributed by atoms with E-state index in [4.69, 9.17) is 5.73 Å². The van der Waals surface area contributed by atoms with Crippen molar-refractivity contribution in [3.63, 3.8) is 0 Å². The Morgan fingerprint density at radius 2 is 1.96 bits per heavy atom. The highest BCUT2D eigenvalue weighted by Crippen LogP contribution is 2.51. The zero-order chi connectivity index (χ0) is 17.0. The smallest absolute Gasteiger partial charge is 0.163 e. The second-order valence-corrected chi connectivity index (χ2v) is 7.41. The van der Waals surface area contributed by atoms with Gasteiger partial charge < -0.3 is 10.6 Å². The molecule has 1 spiro atoms. The number of hydrogen-bond acceptors (Lipinski definition) is 5. The van der Waals surface area contributed by atoms with Crippen molar-refractivity contribution in [1.82, 2.24) is 19.7 Å². The summed E-state index contributed by atoms with van der Waals surface area (Å²) in [7, 11) is 1.92. The Bertz CT molecular complexity index is 938. The lowest BCUT2D eigenvalue weighted by Gasteiger charge is -2.42. The molecule has 2 N–H and O–H groups in total. The van der Waals surface area contributed by atoms with Gasteiger partial charge in [0.25, 0.3) is 0 Å². The Balaban J connectivity index is 1.42. The minimum absolute atomic E-state index is 0.148. The standard InChI is InChI=1S/C19H22N6/c1-24-17-15(11-23-24)18(22-12-21-17)25-8-6-19(7-9-25)10-13-4-2-3-5-14(13)16(19)20/h2-5,11-12,16H,6-10,20H2,1H3/t16-/m1/s1.